The molecule has 0 radical (unpaired) electrons. The van der Waals surface area contributed by atoms with E-state index >= 15 is 0 Å². The average Bonchev–Trinajstić information content (AvgIpc) is 2.34. The molecule has 1 aliphatic rings. The Balaban J connectivity index is 0. The van der Waals surface area contributed by atoms with Crippen molar-refractivity contribution in [2.24, 2.45) is 5.41 Å². The molecule has 0 bridgehead atoms. The Morgan fingerprint density at radius 2 is 2.00 bits per heavy atom. The fraction of sp³-hybridized carbons (Fsp3) is 0.933. The lowest BCUT2D eigenvalue weighted by molar-refractivity contribution is -0.123. The molecule has 0 spiro atoms. The van der Waals surface area contributed by atoms with Crippen molar-refractivity contribution in [3.8, 4) is 0 Å². The van der Waals surface area contributed by atoms with Gasteiger partial charge in [0.05, 0.1) is 0 Å². The maximum atomic E-state index is 12.2. The number of carbonyl (C=O) groups excluding carboxylic acids is 1. The third kappa shape index (κ3) is 10.2. The summed E-state index contributed by atoms with van der Waals surface area (Å²) in [6, 6.07) is 0.567. The van der Waals surface area contributed by atoms with Crippen LogP contribution in [0.15, 0.2) is 0 Å². The lowest BCUT2D eigenvalue weighted by Gasteiger charge is -2.33. The summed E-state index contributed by atoms with van der Waals surface area (Å²) in [6.45, 7) is 8.61. The van der Waals surface area contributed by atoms with Gasteiger partial charge in [-0.25, -0.2) is 0 Å². The Labute approximate surface area is 152 Å². The topological polar surface area (TPSA) is 44.4 Å². The first-order valence-electron chi connectivity index (χ1n) is 7.54. The SMILES string of the molecule is CN(C)CCC(NC(=O)CC1CSCCN1)C(C)(C)C.Cl.Cl. The maximum absolute atomic E-state index is 12.2. The third-order valence-corrected chi connectivity index (χ3v) is 4.81. The third-order valence-electron chi connectivity index (χ3n) is 3.68. The molecule has 1 amide bonds. The van der Waals surface area contributed by atoms with E-state index in [4.69, 9.17) is 0 Å². The van der Waals surface area contributed by atoms with Gasteiger partial charge >= 0.3 is 0 Å². The van der Waals surface area contributed by atoms with Crippen molar-refractivity contribution in [2.45, 2.75) is 45.7 Å². The van der Waals surface area contributed by atoms with Crippen LogP contribution in [0.3, 0.4) is 0 Å². The van der Waals surface area contributed by atoms with Gasteiger partial charge in [-0.2, -0.15) is 11.8 Å². The number of nitrogens with one attached hydrogen (secondary N) is 2. The molecule has 0 aromatic carbocycles. The zero-order chi connectivity index (χ0) is 15.2. The van der Waals surface area contributed by atoms with E-state index in [0.29, 0.717) is 12.5 Å². The molecule has 7 heteroatoms. The van der Waals surface area contributed by atoms with Gasteiger partial charge in [-0.05, 0) is 32.5 Å². The molecular weight excluding hydrogens is 341 g/mol. The molecule has 1 heterocycles. The highest BCUT2D eigenvalue weighted by Crippen LogP contribution is 2.22. The van der Waals surface area contributed by atoms with E-state index in [-0.39, 0.29) is 42.2 Å². The summed E-state index contributed by atoms with van der Waals surface area (Å²) in [7, 11) is 4.15. The minimum absolute atomic E-state index is 0. The minimum atomic E-state index is 0. The summed E-state index contributed by atoms with van der Waals surface area (Å²) in [5, 5.41) is 6.67. The number of halogens is 2. The molecule has 22 heavy (non-hydrogen) atoms. The van der Waals surface area contributed by atoms with Crippen LogP contribution in [0.1, 0.15) is 33.6 Å². The van der Waals surface area contributed by atoms with Crippen LogP contribution in [0.25, 0.3) is 0 Å². The molecule has 0 aliphatic carbocycles. The van der Waals surface area contributed by atoms with Crippen molar-refractivity contribution in [3.63, 3.8) is 0 Å². The lowest BCUT2D eigenvalue weighted by Crippen LogP contribution is -2.48. The second kappa shape index (κ2) is 11.8. The first-order valence-corrected chi connectivity index (χ1v) is 8.69. The van der Waals surface area contributed by atoms with Crippen LogP contribution < -0.4 is 10.6 Å². The van der Waals surface area contributed by atoms with E-state index in [1.54, 1.807) is 0 Å². The first kappa shape index (κ1) is 24.6. The van der Waals surface area contributed by atoms with Crippen molar-refractivity contribution >= 4 is 42.5 Å². The Morgan fingerprint density at radius 3 is 2.45 bits per heavy atom. The maximum Gasteiger partial charge on any atom is 0.221 e. The zero-order valence-corrected chi connectivity index (χ0v) is 16.9. The van der Waals surface area contributed by atoms with Crippen LogP contribution in [0.4, 0.5) is 0 Å². The van der Waals surface area contributed by atoms with Gasteiger partial charge in [0.1, 0.15) is 0 Å². The Bertz CT molecular complexity index is 306. The summed E-state index contributed by atoms with van der Waals surface area (Å²) >= 11 is 1.93. The van der Waals surface area contributed by atoms with E-state index in [1.807, 2.05) is 11.8 Å². The summed E-state index contributed by atoms with van der Waals surface area (Å²) < 4.78 is 0. The number of hydrogen-bond acceptors (Lipinski definition) is 4. The fourth-order valence-electron chi connectivity index (χ4n) is 2.34. The molecule has 2 N–H and O–H groups in total. The van der Waals surface area contributed by atoms with E-state index in [0.717, 1.165) is 31.0 Å². The quantitative estimate of drug-likeness (QED) is 0.750. The van der Waals surface area contributed by atoms with Crippen molar-refractivity contribution in [1.82, 2.24) is 15.5 Å². The molecule has 2 atom stereocenters. The summed E-state index contributed by atoms with van der Waals surface area (Å²) in [5.41, 5.74) is 0.0976. The van der Waals surface area contributed by atoms with Crippen LogP contribution in [0, 0.1) is 5.41 Å². The normalized spacial score (nSPS) is 19.8. The fourth-order valence-corrected chi connectivity index (χ4v) is 3.29. The van der Waals surface area contributed by atoms with Gasteiger partial charge in [-0.3, -0.25) is 4.79 Å². The monoisotopic (exact) mass is 373 g/mol. The van der Waals surface area contributed by atoms with Gasteiger partial charge in [0.2, 0.25) is 5.91 Å². The summed E-state index contributed by atoms with van der Waals surface area (Å²) in [4.78, 5) is 14.4. The summed E-state index contributed by atoms with van der Waals surface area (Å²) in [5.74, 6) is 2.39. The highest BCUT2D eigenvalue weighted by molar-refractivity contribution is 7.99. The van der Waals surface area contributed by atoms with Crippen LogP contribution in [0.5, 0.6) is 0 Å². The van der Waals surface area contributed by atoms with Gasteiger partial charge in [-0.15, -0.1) is 24.8 Å². The average molecular weight is 374 g/mol. The standard InChI is InChI=1S/C15H31N3OS.2ClH/c1-15(2,3)13(6-8-18(4)5)17-14(19)10-12-11-20-9-7-16-12;;/h12-13,16H,6-11H2,1-5H3,(H,17,19);2*1H. The molecule has 4 nitrogen and oxygen atoms in total. The van der Waals surface area contributed by atoms with E-state index < -0.39 is 0 Å². The van der Waals surface area contributed by atoms with Crippen LogP contribution in [-0.2, 0) is 4.79 Å². The molecular formula is C15H33Cl2N3OS. The number of hydrogen-bond donors (Lipinski definition) is 2. The van der Waals surface area contributed by atoms with Crippen molar-refractivity contribution in [2.75, 3.05) is 38.7 Å². The molecule has 0 aromatic rings. The number of rotatable bonds is 6. The summed E-state index contributed by atoms with van der Waals surface area (Å²) in [6.07, 6.45) is 1.59. The van der Waals surface area contributed by atoms with E-state index in [2.05, 4.69) is 50.4 Å². The predicted octanol–water partition coefficient (Wildman–Crippen LogP) is 2.41. The second-order valence-corrected chi connectivity index (χ2v) is 8.16. The molecule has 1 fully saturated rings. The number of thioether (sulfide) groups is 1. The Morgan fingerprint density at radius 1 is 1.36 bits per heavy atom. The van der Waals surface area contributed by atoms with Crippen molar-refractivity contribution in [3.05, 3.63) is 0 Å². The molecule has 134 valence electrons. The first-order chi connectivity index (χ1) is 9.29. The predicted molar refractivity (Wildman–Crippen MR) is 103 cm³/mol. The zero-order valence-electron chi connectivity index (χ0n) is 14.5. The van der Waals surface area contributed by atoms with Crippen LogP contribution in [0.2, 0.25) is 0 Å². The van der Waals surface area contributed by atoms with E-state index in [9.17, 15) is 4.79 Å². The molecule has 0 aromatic heterocycles. The highest BCUT2D eigenvalue weighted by Gasteiger charge is 2.27. The second-order valence-electron chi connectivity index (χ2n) is 7.01. The van der Waals surface area contributed by atoms with Gasteiger partial charge in [0.25, 0.3) is 0 Å². The molecule has 0 saturated carbocycles. The highest BCUT2D eigenvalue weighted by atomic mass is 35.5. The van der Waals surface area contributed by atoms with Crippen molar-refractivity contribution < 1.29 is 4.79 Å². The number of carbonyl (C=O) groups is 1. The van der Waals surface area contributed by atoms with E-state index in [1.165, 1.54) is 0 Å². The van der Waals surface area contributed by atoms with Crippen LogP contribution >= 0.6 is 36.6 Å². The molecule has 2 unspecified atom stereocenters. The molecule has 1 saturated heterocycles. The smallest absolute Gasteiger partial charge is 0.221 e. The Hall–Kier alpha value is 0.320. The van der Waals surface area contributed by atoms with Gasteiger partial charge in [-0.1, -0.05) is 20.8 Å². The molecule has 1 aliphatic heterocycles. The van der Waals surface area contributed by atoms with Crippen LogP contribution in [-0.4, -0.2) is 61.6 Å². The van der Waals surface area contributed by atoms with Crippen molar-refractivity contribution in [1.29, 1.82) is 0 Å². The van der Waals surface area contributed by atoms with Gasteiger partial charge in [0.15, 0.2) is 0 Å². The molecule has 1 rings (SSSR count). The van der Waals surface area contributed by atoms with Gasteiger partial charge < -0.3 is 15.5 Å². The Kier molecular flexibility index (Phi) is 13.2. The number of amides is 1. The van der Waals surface area contributed by atoms with Gasteiger partial charge in [0, 0.05) is 36.6 Å². The number of nitrogens with zero attached hydrogens (tertiary/aromatic N) is 1. The lowest BCUT2D eigenvalue weighted by atomic mass is 9.84. The minimum Gasteiger partial charge on any atom is -0.353 e. The largest absolute Gasteiger partial charge is 0.353 e.